The second-order valence-corrected chi connectivity index (χ2v) is 5.91. The molecule has 0 aromatic carbocycles. The Morgan fingerprint density at radius 2 is 1.95 bits per heavy atom. The summed E-state index contributed by atoms with van der Waals surface area (Å²) in [6.45, 7) is 9.98. The summed E-state index contributed by atoms with van der Waals surface area (Å²) in [6.07, 6.45) is 6.13. The van der Waals surface area contributed by atoms with E-state index < -0.39 is 0 Å². The van der Waals surface area contributed by atoms with Gasteiger partial charge in [0.25, 0.3) is 0 Å². The summed E-state index contributed by atoms with van der Waals surface area (Å²) < 4.78 is 5.48. The maximum absolute atomic E-state index is 5.74. The van der Waals surface area contributed by atoms with E-state index in [0.717, 1.165) is 32.2 Å². The van der Waals surface area contributed by atoms with Gasteiger partial charge in [0.1, 0.15) is 0 Å². The van der Waals surface area contributed by atoms with E-state index >= 15 is 0 Å². The fraction of sp³-hybridized carbons (Fsp3) is 1.00. The zero-order valence-electron chi connectivity index (χ0n) is 12.5. The minimum Gasteiger partial charge on any atom is -0.381 e. The lowest BCUT2D eigenvalue weighted by Gasteiger charge is -2.34. The second-order valence-electron chi connectivity index (χ2n) is 5.91. The minimum atomic E-state index is 0.694. The van der Waals surface area contributed by atoms with Crippen LogP contribution in [0, 0.1) is 0 Å². The number of nitrogens with two attached hydrogens (primary N) is 1. The molecule has 112 valence electrons. The molecular weight excluding hydrogens is 238 g/mol. The smallest absolute Gasteiger partial charge is 0.0480 e. The quantitative estimate of drug-likeness (QED) is 0.817. The second kappa shape index (κ2) is 8.20. The third-order valence-electron chi connectivity index (χ3n) is 4.76. The lowest BCUT2D eigenvalue weighted by Crippen LogP contribution is -2.43. The van der Waals surface area contributed by atoms with Gasteiger partial charge in [-0.05, 0) is 51.7 Å². The first-order chi connectivity index (χ1) is 9.35. The SMILES string of the molecule is CCC(CCN)N1CCCN(C2CCOCC2)CC1. The Morgan fingerprint density at radius 3 is 2.63 bits per heavy atom. The molecule has 0 spiro atoms. The van der Waals surface area contributed by atoms with Gasteiger partial charge in [-0.3, -0.25) is 9.80 Å². The first-order valence-corrected chi connectivity index (χ1v) is 8.11. The van der Waals surface area contributed by atoms with Gasteiger partial charge in [0.05, 0.1) is 0 Å². The molecule has 4 nitrogen and oxygen atoms in total. The summed E-state index contributed by atoms with van der Waals surface area (Å²) in [7, 11) is 0. The van der Waals surface area contributed by atoms with Gasteiger partial charge in [0.2, 0.25) is 0 Å². The third kappa shape index (κ3) is 4.42. The summed E-state index contributed by atoms with van der Waals surface area (Å²) in [5, 5.41) is 0. The highest BCUT2D eigenvalue weighted by atomic mass is 16.5. The molecule has 0 radical (unpaired) electrons. The van der Waals surface area contributed by atoms with Crippen molar-refractivity contribution in [3.05, 3.63) is 0 Å². The molecule has 1 atom stereocenters. The topological polar surface area (TPSA) is 41.7 Å². The molecule has 2 rings (SSSR count). The lowest BCUT2D eigenvalue weighted by atomic mass is 10.1. The zero-order chi connectivity index (χ0) is 13.5. The molecule has 2 aliphatic heterocycles. The standard InChI is InChI=1S/C15H31N3O/c1-2-14(4-7-16)17-8-3-9-18(11-10-17)15-5-12-19-13-6-15/h14-15H,2-13,16H2,1H3. The van der Waals surface area contributed by atoms with Crippen molar-refractivity contribution in [2.24, 2.45) is 5.73 Å². The molecule has 0 aliphatic carbocycles. The van der Waals surface area contributed by atoms with Gasteiger partial charge in [-0.15, -0.1) is 0 Å². The van der Waals surface area contributed by atoms with Crippen LogP contribution < -0.4 is 5.73 Å². The summed E-state index contributed by atoms with van der Waals surface area (Å²) in [5.41, 5.74) is 5.74. The molecule has 2 fully saturated rings. The number of ether oxygens (including phenoxy) is 1. The van der Waals surface area contributed by atoms with Crippen LogP contribution in [0.25, 0.3) is 0 Å². The van der Waals surface area contributed by atoms with E-state index in [4.69, 9.17) is 10.5 Å². The van der Waals surface area contributed by atoms with Crippen molar-refractivity contribution >= 4 is 0 Å². The highest BCUT2D eigenvalue weighted by molar-refractivity contribution is 4.81. The van der Waals surface area contributed by atoms with Crippen molar-refractivity contribution in [3.63, 3.8) is 0 Å². The first kappa shape index (κ1) is 15.2. The molecule has 0 saturated carbocycles. The molecule has 4 heteroatoms. The van der Waals surface area contributed by atoms with E-state index in [2.05, 4.69) is 16.7 Å². The summed E-state index contributed by atoms with van der Waals surface area (Å²) in [6, 6.07) is 1.46. The molecule has 2 saturated heterocycles. The molecule has 0 bridgehead atoms. The van der Waals surface area contributed by atoms with Gasteiger partial charge in [0.15, 0.2) is 0 Å². The van der Waals surface area contributed by atoms with Crippen LogP contribution in [0.1, 0.15) is 39.0 Å². The third-order valence-corrected chi connectivity index (χ3v) is 4.76. The Balaban J connectivity index is 1.82. The van der Waals surface area contributed by atoms with Crippen molar-refractivity contribution in [3.8, 4) is 0 Å². The van der Waals surface area contributed by atoms with E-state index in [1.54, 1.807) is 0 Å². The van der Waals surface area contributed by atoms with Crippen molar-refractivity contribution in [2.45, 2.75) is 51.1 Å². The molecule has 0 aromatic rings. The van der Waals surface area contributed by atoms with Gasteiger partial charge in [-0.1, -0.05) is 6.92 Å². The fourth-order valence-electron chi connectivity index (χ4n) is 3.58. The maximum Gasteiger partial charge on any atom is 0.0480 e. The molecule has 0 aromatic heterocycles. The first-order valence-electron chi connectivity index (χ1n) is 8.11. The number of hydrogen-bond acceptors (Lipinski definition) is 4. The average Bonchev–Trinajstić information content (AvgIpc) is 2.71. The lowest BCUT2D eigenvalue weighted by molar-refractivity contribution is 0.0348. The van der Waals surface area contributed by atoms with Crippen molar-refractivity contribution in [2.75, 3.05) is 45.9 Å². The Bertz CT molecular complexity index is 231. The minimum absolute atomic E-state index is 0.694. The Kier molecular flexibility index (Phi) is 6.57. The van der Waals surface area contributed by atoms with Gasteiger partial charge in [0, 0.05) is 38.4 Å². The van der Waals surface area contributed by atoms with Crippen molar-refractivity contribution in [1.82, 2.24) is 9.80 Å². The largest absolute Gasteiger partial charge is 0.381 e. The maximum atomic E-state index is 5.74. The van der Waals surface area contributed by atoms with Gasteiger partial charge < -0.3 is 10.5 Å². The highest BCUT2D eigenvalue weighted by Gasteiger charge is 2.25. The fourth-order valence-corrected chi connectivity index (χ4v) is 3.58. The van der Waals surface area contributed by atoms with E-state index in [-0.39, 0.29) is 0 Å². The van der Waals surface area contributed by atoms with Gasteiger partial charge in [-0.25, -0.2) is 0 Å². The van der Waals surface area contributed by atoms with Gasteiger partial charge in [-0.2, -0.15) is 0 Å². The van der Waals surface area contributed by atoms with E-state index in [1.165, 1.54) is 51.9 Å². The van der Waals surface area contributed by atoms with Gasteiger partial charge >= 0.3 is 0 Å². The number of nitrogens with zero attached hydrogens (tertiary/aromatic N) is 2. The predicted octanol–water partition coefficient (Wildman–Crippen LogP) is 1.30. The van der Waals surface area contributed by atoms with Crippen molar-refractivity contribution < 1.29 is 4.74 Å². The summed E-state index contributed by atoms with van der Waals surface area (Å²) in [5.74, 6) is 0. The predicted molar refractivity (Wildman–Crippen MR) is 79.4 cm³/mol. The molecule has 1 unspecified atom stereocenters. The molecular formula is C15H31N3O. The van der Waals surface area contributed by atoms with E-state index in [1.807, 2.05) is 0 Å². The summed E-state index contributed by atoms with van der Waals surface area (Å²) >= 11 is 0. The van der Waals surface area contributed by atoms with E-state index in [9.17, 15) is 0 Å². The Morgan fingerprint density at radius 1 is 1.16 bits per heavy atom. The van der Waals surface area contributed by atoms with Crippen LogP contribution in [-0.2, 0) is 4.74 Å². The summed E-state index contributed by atoms with van der Waals surface area (Å²) in [4.78, 5) is 5.38. The van der Waals surface area contributed by atoms with Crippen molar-refractivity contribution in [1.29, 1.82) is 0 Å². The van der Waals surface area contributed by atoms with Crippen LogP contribution in [0.5, 0.6) is 0 Å². The highest BCUT2D eigenvalue weighted by Crippen LogP contribution is 2.18. The van der Waals surface area contributed by atoms with Crippen LogP contribution in [-0.4, -0.2) is 67.8 Å². The zero-order valence-corrected chi connectivity index (χ0v) is 12.5. The van der Waals surface area contributed by atoms with Crippen LogP contribution >= 0.6 is 0 Å². The molecule has 2 aliphatic rings. The number of rotatable bonds is 5. The molecule has 0 amide bonds. The normalized spacial score (nSPS) is 26.2. The Labute approximate surface area is 118 Å². The average molecular weight is 269 g/mol. The van der Waals surface area contributed by atoms with Crippen LogP contribution in [0.4, 0.5) is 0 Å². The number of hydrogen-bond donors (Lipinski definition) is 1. The van der Waals surface area contributed by atoms with Crippen LogP contribution in [0.3, 0.4) is 0 Å². The molecule has 19 heavy (non-hydrogen) atoms. The molecule has 2 heterocycles. The van der Waals surface area contributed by atoms with Crippen LogP contribution in [0.2, 0.25) is 0 Å². The van der Waals surface area contributed by atoms with Crippen LogP contribution in [0.15, 0.2) is 0 Å². The Hall–Kier alpha value is -0.160. The monoisotopic (exact) mass is 269 g/mol. The van der Waals surface area contributed by atoms with E-state index in [0.29, 0.717) is 6.04 Å². The molecule has 2 N–H and O–H groups in total.